The average molecular weight is 517 g/mol. The maximum absolute atomic E-state index is 14.7. The van der Waals surface area contributed by atoms with Crippen molar-refractivity contribution in [3.8, 4) is 0 Å². The minimum absolute atomic E-state index is 0.0432. The van der Waals surface area contributed by atoms with Gasteiger partial charge < -0.3 is 14.2 Å². The molecule has 7 nitrogen and oxygen atoms in total. The highest BCUT2D eigenvalue weighted by Gasteiger charge is 2.53. The van der Waals surface area contributed by atoms with Gasteiger partial charge in [0.2, 0.25) is 0 Å². The van der Waals surface area contributed by atoms with E-state index in [9.17, 15) is 18.4 Å². The number of anilines is 1. The fraction of sp³-hybridized carbons (Fsp3) is 0.423. The van der Waals surface area contributed by atoms with Gasteiger partial charge in [-0.3, -0.25) is 9.69 Å². The molecule has 0 N–H and O–H groups in total. The Morgan fingerprint density at radius 3 is 2.56 bits per heavy atom. The summed E-state index contributed by atoms with van der Waals surface area (Å²) in [4.78, 5) is 32.7. The van der Waals surface area contributed by atoms with Crippen LogP contribution >= 0.6 is 11.6 Å². The molecule has 0 spiro atoms. The normalized spacial score (nSPS) is 18.1. The van der Waals surface area contributed by atoms with E-state index in [1.807, 2.05) is 31.4 Å². The second kappa shape index (κ2) is 8.73. The van der Waals surface area contributed by atoms with Crippen molar-refractivity contribution in [1.29, 1.82) is 0 Å². The van der Waals surface area contributed by atoms with Crippen LogP contribution in [0.1, 0.15) is 51.0 Å². The lowest BCUT2D eigenvalue weighted by molar-refractivity contribution is -0.141. The zero-order valence-electron chi connectivity index (χ0n) is 20.3. The number of carbonyl (C=O) groups is 2. The number of ether oxygens (including phenoxy) is 1. The maximum atomic E-state index is 14.7. The minimum Gasteiger partial charge on any atom is -0.444 e. The summed E-state index contributed by atoms with van der Waals surface area (Å²) in [7, 11) is 0. The Kier molecular flexibility index (Phi) is 5.94. The van der Waals surface area contributed by atoms with E-state index in [0.29, 0.717) is 42.3 Å². The predicted molar refractivity (Wildman–Crippen MR) is 132 cm³/mol. The van der Waals surface area contributed by atoms with Crippen molar-refractivity contribution in [2.45, 2.75) is 57.7 Å². The SMILES string of the molecule is CC(C)(C)OC(=O)N1CCC(n2c(CN3C(=O)C(F)(F)c4ccccc43)nc3cc(Cl)ccc32)CC1. The quantitative estimate of drug-likeness (QED) is 0.434. The number of piperidine rings is 1. The summed E-state index contributed by atoms with van der Waals surface area (Å²) in [5.41, 5.74) is 0.729. The van der Waals surface area contributed by atoms with Crippen molar-refractivity contribution in [3.05, 3.63) is 58.9 Å². The number of carbonyl (C=O) groups excluding carboxylic acids is 2. The van der Waals surface area contributed by atoms with Crippen LogP contribution in [0.2, 0.25) is 5.02 Å². The standard InChI is InChI=1S/C26H27ClF2N4O3/c1-25(2,3)36-24(35)31-12-10-17(11-13-31)33-21-9-8-16(27)14-19(21)30-22(33)15-32-20-7-5-4-6-18(20)26(28,29)23(32)34/h4-9,14,17H,10-13,15H2,1-3H3. The van der Waals surface area contributed by atoms with Crippen molar-refractivity contribution in [2.24, 2.45) is 0 Å². The number of alkyl halides is 2. The van der Waals surface area contributed by atoms with Crippen LogP contribution in [0.15, 0.2) is 42.5 Å². The van der Waals surface area contributed by atoms with Gasteiger partial charge in [0.25, 0.3) is 0 Å². The summed E-state index contributed by atoms with van der Waals surface area (Å²) in [5.74, 6) is -4.36. The second-order valence-electron chi connectivity index (χ2n) is 10.2. The lowest BCUT2D eigenvalue weighted by atomic mass is 10.0. The van der Waals surface area contributed by atoms with Crippen LogP contribution < -0.4 is 4.90 Å². The van der Waals surface area contributed by atoms with Gasteiger partial charge in [0.15, 0.2) is 0 Å². The molecule has 3 heterocycles. The number of hydrogen-bond acceptors (Lipinski definition) is 4. The Bertz CT molecular complexity index is 1340. The number of para-hydroxylation sites is 1. The number of likely N-dealkylation sites (tertiary alicyclic amines) is 1. The molecule has 1 fully saturated rings. The van der Waals surface area contributed by atoms with Crippen molar-refractivity contribution in [1.82, 2.24) is 14.5 Å². The molecule has 3 aromatic rings. The molecule has 2 aliphatic heterocycles. The van der Waals surface area contributed by atoms with Gasteiger partial charge in [-0.05, 0) is 57.9 Å². The third kappa shape index (κ3) is 4.30. The fourth-order valence-electron chi connectivity index (χ4n) is 4.94. The predicted octanol–water partition coefficient (Wildman–Crippen LogP) is 5.90. The average Bonchev–Trinajstić information content (AvgIpc) is 3.26. The molecule has 2 aliphatic rings. The lowest BCUT2D eigenvalue weighted by Gasteiger charge is -2.35. The molecule has 36 heavy (non-hydrogen) atoms. The van der Waals surface area contributed by atoms with Gasteiger partial charge in [-0.25, -0.2) is 9.78 Å². The smallest absolute Gasteiger partial charge is 0.410 e. The number of rotatable bonds is 3. The van der Waals surface area contributed by atoms with Crippen molar-refractivity contribution in [3.63, 3.8) is 0 Å². The van der Waals surface area contributed by atoms with Gasteiger partial charge in [-0.15, -0.1) is 0 Å². The molecule has 0 aliphatic carbocycles. The first-order chi connectivity index (χ1) is 17.0. The summed E-state index contributed by atoms with van der Waals surface area (Å²) < 4.78 is 37.0. The highest BCUT2D eigenvalue weighted by molar-refractivity contribution is 6.31. The number of hydrogen-bond donors (Lipinski definition) is 0. The first-order valence-electron chi connectivity index (χ1n) is 11.9. The fourth-order valence-corrected chi connectivity index (χ4v) is 5.11. The topological polar surface area (TPSA) is 67.7 Å². The minimum atomic E-state index is -3.59. The van der Waals surface area contributed by atoms with Gasteiger partial charge in [-0.2, -0.15) is 8.78 Å². The van der Waals surface area contributed by atoms with Gasteiger partial charge in [-0.1, -0.05) is 29.8 Å². The van der Waals surface area contributed by atoms with Gasteiger partial charge in [0.1, 0.15) is 11.4 Å². The molecule has 10 heteroatoms. The first kappa shape index (κ1) is 24.5. The zero-order valence-corrected chi connectivity index (χ0v) is 21.1. The number of imidazole rings is 1. The summed E-state index contributed by atoms with van der Waals surface area (Å²) in [6.07, 6.45) is 0.895. The molecular formula is C26H27ClF2N4O3. The molecule has 0 unspecified atom stereocenters. The van der Waals surface area contributed by atoms with E-state index in [1.165, 1.54) is 18.2 Å². The third-order valence-electron chi connectivity index (χ3n) is 6.55. The first-order valence-corrected chi connectivity index (χ1v) is 12.3. The van der Waals surface area contributed by atoms with E-state index in [-0.39, 0.29) is 29.9 Å². The summed E-state index contributed by atoms with van der Waals surface area (Å²) in [6, 6.07) is 11.2. The number of halogens is 3. The monoisotopic (exact) mass is 516 g/mol. The van der Waals surface area contributed by atoms with Crippen molar-refractivity contribution in [2.75, 3.05) is 18.0 Å². The van der Waals surface area contributed by atoms with Crippen LogP contribution in [-0.2, 0) is 22.0 Å². The lowest BCUT2D eigenvalue weighted by Crippen LogP contribution is -2.42. The largest absolute Gasteiger partial charge is 0.444 e. The summed E-state index contributed by atoms with van der Waals surface area (Å²) in [5, 5.41) is 0.507. The number of aromatic nitrogens is 2. The Morgan fingerprint density at radius 2 is 1.86 bits per heavy atom. The Labute approximate surface area is 212 Å². The molecule has 190 valence electrons. The summed E-state index contributed by atoms with van der Waals surface area (Å²) >= 11 is 6.20. The van der Waals surface area contributed by atoms with Crippen LogP contribution in [0.3, 0.4) is 0 Å². The molecule has 0 radical (unpaired) electrons. The van der Waals surface area contributed by atoms with E-state index in [1.54, 1.807) is 23.1 Å². The molecule has 0 saturated carbocycles. The molecular weight excluding hydrogens is 490 g/mol. The van der Waals surface area contributed by atoms with Gasteiger partial charge >= 0.3 is 17.9 Å². The third-order valence-corrected chi connectivity index (χ3v) is 6.79. The van der Waals surface area contributed by atoms with E-state index in [4.69, 9.17) is 21.3 Å². The molecule has 5 rings (SSSR count). The van der Waals surface area contributed by atoms with E-state index < -0.39 is 17.4 Å². The Hall–Kier alpha value is -3.20. The molecule has 0 atom stereocenters. The second-order valence-corrected chi connectivity index (χ2v) is 10.6. The summed E-state index contributed by atoms with van der Waals surface area (Å²) in [6.45, 7) is 6.34. The molecule has 0 bridgehead atoms. The van der Waals surface area contributed by atoms with Crippen molar-refractivity contribution >= 4 is 40.3 Å². The van der Waals surface area contributed by atoms with E-state index in [0.717, 1.165) is 10.4 Å². The highest BCUT2D eigenvalue weighted by Crippen LogP contribution is 2.45. The zero-order chi connectivity index (χ0) is 25.8. The molecule has 2 amide bonds. The highest BCUT2D eigenvalue weighted by atomic mass is 35.5. The number of fused-ring (bicyclic) bond motifs is 2. The molecule has 2 aromatic carbocycles. The van der Waals surface area contributed by atoms with Crippen LogP contribution in [-0.4, -0.2) is 45.1 Å². The number of benzene rings is 2. The Balaban J connectivity index is 1.46. The van der Waals surface area contributed by atoms with Crippen LogP contribution in [0.4, 0.5) is 19.3 Å². The number of amides is 2. The molecule has 1 aromatic heterocycles. The van der Waals surface area contributed by atoms with Crippen LogP contribution in [0.25, 0.3) is 11.0 Å². The van der Waals surface area contributed by atoms with Gasteiger partial charge in [0, 0.05) is 24.2 Å². The number of nitrogens with zero attached hydrogens (tertiary/aromatic N) is 4. The van der Waals surface area contributed by atoms with Crippen molar-refractivity contribution < 1.29 is 23.1 Å². The molecule has 1 saturated heterocycles. The van der Waals surface area contributed by atoms with E-state index in [2.05, 4.69) is 0 Å². The van der Waals surface area contributed by atoms with Crippen LogP contribution in [0.5, 0.6) is 0 Å². The maximum Gasteiger partial charge on any atom is 0.410 e. The van der Waals surface area contributed by atoms with Gasteiger partial charge in [0.05, 0.1) is 28.8 Å². The van der Waals surface area contributed by atoms with Crippen LogP contribution in [0, 0.1) is 0 Å². The Morgan fingerprint density at radius 1 is 1.17 bits per heavy atom. The van der Waals surface area contributed by atoms with E-state index >= 15 is 0 Å².